The van der Waals surface area contributed by atoms with Crippen molar-refractivity contribution in [3.05, 3.63) is 22.8 Å². The summed E-state index contributed by atoms with van der Waals surface area (Å²) in [5, 5.41) is 20.8. The van der Waals surface area contributed by atoms with Gasteiger partial charge in [-0.1, -0.05) is 0 Å². The molecule has 23 heavy (non-hydrogen) atoms. The van der Waals surface area contributed by atoms with Crippen LogP contribution in [0.15, 0.2) is 6.07 Å². The van der Waals surface area contributed by atoms with Crippen molar-refractivity contribution in [2.24, 2.45) is 0 Å². The van der Waals surface area contributed by atoms with Gasteiger partial charge in [-0.3, -0.25) is 4.79 Å². The van der Waals surface area contributed by atoms with E-state index in [4.69, 9.17) is 9.47 Å². The molecule has 1 aromatic carbocycles. The fraction of sp³-hybridized carbons (Fsp3) is 0.500. The number of Topliss-reactive ketones (excluding diaryl/α,β-unsaturated/α-hetero) is 1. The number of aryl methyl sites for hydroxylation is 1. The number of aliphatic hydroxyl groups is 1. The number of ketones is 1. The van der Waals surface area contributed by atoms with Crippen LogP contribution in [0.4, 0.5) is 0 Å². The third-order valence-electron chi connectivity index (χ3n) is 3.58. The van der Waals surface area contributed by atoms with Crippen molar-refractivity contribution in [1.29, 1.82) is 0 Å². The number of aliphatic hydroxyl groups excluding tert-OH is 1. The fourth-order valence-corrected chi connectivity index (χ4v) is 2.40. The van der Waals surface area contributed by atoms with Gasteiger partial charge >= 0.3 is 5.97 Å². The number of phenolic OH excluding ortho intramolecular Hbond substituents is 1. The van der Waals surface area contributed by atoms with Gasteiger partial charge in [0.1, 0.15) is 11.5 Å². The Morgan fingerprint density at radius 1 is 1.26 bits per heavy atom. The van der Waals surface area contributed by atoms with Crippen molar-refractivity contribution in [3.8, 4) is 11.5 Å². The molecule has 2 atom stereocenters. The second-order valence-electron chi connectivity index (χ2n) is 5.09. The molecule has 1 aromatic rings. The van der Waals surface area contributed by atoms with Crippen LogP contribution in [-0.4, -0.2) is 49.4 Å². The molecule has 0 bridgehead atoms. The van der Waals surface area contributed by atoms with E-state index >= 15 is 0 Å². The average Bonchev–Trinajstić information content (AvgIpc) is 2.52. The Hall–Kier alpha value is -2.12. The van der Waals surface area contributed by atoms with Gasteiger partial charge in [-0.15, -0.1) is 0 Å². The van der Waals surface area contributed by atoms with Crippen LogP contribution < -0.4 is 4.74 Å². The van der Waals surface area contributed by atoms with Gasteiger partial charge in [-0.2, -0.15) is 0 Å². The minimum atomic E-state index is -1.29. The van der Waals surface area contributed by atoms with Crippen LogP contribution in [0.3, 0.4) is 0 Å². The monoisotopic (exact) mass is 326 g/mol. The summed E-state index contributed by atoms with van der Waals surface area (Å²) in [5.74, 6) is -1.12. The summed E-state index contributed by atoms with van der Waals surface area (Å²) in [6.07, 6.45) is -2.46. The van der Waals surface area contributed by atoms with Crippen LogP contribution in [0.1, 0.15) is 40.9 Å². The number of carbonyl (C=O) groups is 2. The number of hydrogen-bond donors (Lipinski definition) is 2. The number of esters is 1. The Balaban J connectivity index is 3.33. The first kappa shape index (κ1) is 18.9. The summed E-state index contributed by atoms with van der Waals surface area (Å²) < 4.78 is 14.8. The first-order valence-corrected chi connectivity index (χ1v) is 6.98. The second kappa shape index (κ2) is 7.94. The van der Waals surface area contributed by atoms with E-state index in [0.717, 1.165) is 0 Å². The number of benzene rings is 1. The number of methoxy groups -OCH3 is 3. The smallest absolute Gasteiger partial charge is 0.335 e. The largest absolute Gasteiger partial charge is 0.507 e. The molecule has 7 nitrogen and oxygen atoms in total. The van der Waals surface area contributed by atoms with E-state index in [9.17, 15) is 19.8 Å². The lowest BCUT2D eigenvalue weighted by atomic mass is 9.94. The zero-order valence-corrected chi connectivity index (χ0v) is 13.9. The number of hydrogen-bond acceptors (Lipinski definition) is 7. The molecule has 128 valence electrons. The van der Waals surface area contributed by atoms with E-state index in [2.05, 4.69) is 4.74 Å². The van der Waals surface area contributed by atoms with Crippen molar-refractivity contribution in [2.45, 2.75) is 32.5 Å². The average molecular weight is 326 g/mol. The molecule has 0 aliphatic carbocycles. The van der Waals surface area contributed by atoms with Gasteiger partial charge in [-0.05, 0) is 25.5 Å². The maximum Gasteiger partial charge on any atom is 0.335 e. The highest BCUT2D eigenvalue weighted by molar-refractivity contribution is 5.98. The van der Waals surface area contributed by atoms with Crippen molar-refractivity contribution in [3.63, 3.8) is 0 Å². The maximum atomic E-state index is 11.6. The van der Waals surface area contributed by atoms with Crippen LogP contribution in [-0.2, 0) is 14.3 Å². The summed E-state index contributed by atoms with van der Waals surface area (Å²) in [6.45, 7) is 3.00. The first-order chi connectivity index (χ1) is 10.8. The fourth-order valence-electron chi connectivity index (χ4n) is 2.40. The van der Waals surface area contributed by atoms with Gasteiger partial charge in [0.05, 0.1) is 31.5 Å². The van der Waals surface area contributed by atoms with E-state index in [0.29, 0.717) is 5.56 Å². The Morgan fingerprint density at radius 2 is 1.87 bits per heavy atom. The molecule has 0 saturated carbocycles. The van der Waals surface area contributed by atoms with E-state index in [-0.39, 0.29) is 34.8 Å². The van der Waals surface area contributed by atoms with Gasteiger partial charge in [0.25, 0.3) is 0 Å². The van der Waals surface area contributed by atoms with E-state index < -0.39 is 18.2 Å². The lowest BCUT2D eigenvalue weighted by Crippen LogP contribution is -2.26. The summed E-state index contributed by atoms with van der Waals surface area (Å²) in [7, 11) is 3.90. The lowest BCUT2D eigenvalue weighted by molar-refractivity contribution is -0.154. The summed E-state index contributed by atoms with van der Waals surface area (Å²) in [5.41, 5.74) is 0.699. The van der Waals surface area contributed by atoms with Crippen LogP contribution in [0, 0.1) is 6.92 Å². The molecular weight excluding hydrogens is 304 g/mol. The highest BCUT2D eigenvalue weighted by atomic mass is 16.6. The molecule has 0 unspecified atom stereocenters. The summed E-state index contributed by atoms with van der Waals surface area (Å²) in [6, 6.07) is 1.49. The highest BCUT2D eigenvalue weighted by Gasteiger charge is 2.29. The van der Waals surface area contributed by atoms with Crippen LogP contribution in [0.2, 0.25) is 0 Å². The molecule has 0 aliphatic rings. The van der Waals surface area contributed by atoms with Crippen molar-refractivity contribution in [1.82, 2.24) is 0 Å². The van der Waals surface area contributed by atoms with E-state index in [1.807, 2.05) is 0 Å². The molecule has 0 amide bonds. The normalized spacial score (nSPS) is 13.3. The van der Waals surface area contributed by atoms with Gasteiger partial charge in [0.2, 0.25) is 0 Å². The number of phenols is 1. The minimum absolute atomic E-state index is 0.0450. The third-order valence-corrected chi connectivity index (χ3v) is 3.58. The molecule has 0 aromatic heterocycles. The Bertz CT molecular complexity index is 595. The molecule has 2 N–H and O–H groups in total. The summed E-state index contributed by atoms with van der Waals surface area (Å²) in [4.78, 5) is 23.2. The van der Waals surface area contributed by atoms with Gasteiger partial charge < -0.3 is 24.4 Å². The molecule has 0 radical (unpaired) electrons. The lowest BCUT2D eigenvalue weighted by Gasteiger charge is -2.22. The Kier molecular flexibility index (Phi) is 6.53. The predicted octanol–water partition coefficient (Wildman–Crippen LogP) is 1.52. The highest BCUT2D eigenvalue weighted by Crippen LogP contribution is 2.40. The molecule has 0 spiro atoms. The van der Waals surface area contributed by atoms with Gasteiger partial charge in [0.15, 0.2) is 11.9 Å². The molecule has 1 rings (SSSR count). The zero-order valence-electron chi connectivity index (χ0n) is 13.9. The molecule has 0 fully saturated rings. The summed E-state index contributed by atoms with van der Waals surface area (Å²) >= 11 is 0. The minimum Gasteiger partial charge on any atom is -0.507 e. The first-order valence-electron chi connectivity index (χ1n) is 6.98. The molecule has 0 saturated heterocycles. The van der Waals surface area contributed by atoms with Crippen LogP contribution in [0.25, 0.3) is 0 Å². The quantitative estimate of drug-likeness (QED) is 0.578. The number of ether oxygens (including phenoxy) is 3. The Labute approximate surface area is 134 Å². The Morgan fingerprint density at radius 3 is 2.30 bits per heavy atom. The standard InChI is InChI=1S/C16H22O7/c1-8-6-10(9(2)17)14(19)13(15(8)22-4)11(18)7-12(21-3)16(20)23-5/h6,11-12,18-19H,7H2,1-5H3/t11-,12-/m0/s1. The van der Waals surface area contributed by atoms with Crippen molar-refractivity contribution < 1.29 is 34.0 Å². The van der Waals surface area contributed by atoms with Gasteiger partial charge in [-0.25, -0.2) is 4.79 Å². The van der Waals surface area contributed by atoms with E-state index in [1.54, 1.807) is 6.92 Å². The third kappa shape index (κ3) is 4.00. The number of carbonyl (C=O) groups excluding carboxylic acids is 2. The SMILES string of the molecule is COC(=O)[C@H](C[C@H](O)c1c(O)c(C(C)=O)cc(C)c1OC)OC. The van der Waals surface area contributed by atoms with Crippen LogP contribution in [0.5, 0.6) is 11.5 Å². The molecule has 7 heteroatoms. The van der Waals surface area contributed by atoms with Crippen molar-refractivity contribution >= 4 is 11.8 Å². The zero-order chi connectivity index (χ0) is 17.7. The predicted molar refractivity (Wildman–Crippen MR) is 81.8 cm³/mol. The number of aromatic hydroxyl groups is 1. The van der Waals surface area contributed by atoms with Crippen LogP contribution >= 0.6 is 0 Å². The molecular formula is C16H22O7. The number of rotatable bonds is 7. The van der Waals surface area contributed by atoms with Crippen molar-refractivity contribution in [2.75, 3.05) is 21.3 Å². The molecule has 0 aliphatic heterocycles. The van der Waals surface area contributed by atoms with E-state index in [1.165, 1.54) is 34.3 Å². The topological polar surface area (TPSA) is 102 Å². The molecule has 0 heterocycles. The maximum absolute atomic E-state index is 11.6. The van der Waals surface area contributed by atoms with Gasteiger partial charge in [0, 0.05) is 13.5 Å². The second-order valence-corrected chi connectivity index (χ2v) is 5.09.